The summed E-state index contributed by atoms with van der Waals surface area (Å²) in [6.07, 6.45) is 2.95. The normalized spacial score (nSPS) is 15.4. The molecule has 2 rings (SSSR count). The summed E-state index contributed by atoms with van der Waals surface area (Å²) in [5.41, 5.74) is 2.24. The van der Waals surface area contributed by atoms with E-state index in [1.807, 2.05) is 18.2 Å². The first-order chi connectivity index (χ1) is 7.33. The van der Waals surface area contributed by atoms with Gasteiger partial charge in [0.1, 0.15) is 0 Å². The molecule has 0 atom stereocenters. The number of rotatable bonds is 0. The lowest BCUT2D eigenvalue weighted by atomic mass is 10.1. The molecule has 0 fully saturated rings. The van der Waals surface area contributed by atoms with Gasteiger partial charge in [0.05, 0.1) is 12.8 Å². The zero-order valence-corrected chi connectivity index (χ0v) is 8.90. The second kappa shape index (κ2) is 4.34. The minimum absolute atomic E-state index is 0.260. The van der Waals surface area contributed by atoms with Crippen LogP contribution in [0, 0.1) is 0 Å². The molecule has 0 unspecified atom stereocenters. The van der Waals surface area contributed by atoms with Crippen molar-refractivity contribution < 1.29 is 9.53 Å². The van der Waals surface area contributed by atoms with Crippen molar-refractivity contribution in [2.75, 3.05) is 18.6 Å². The van der Waals surface area contributed by atoms with Crippen molar-refractivity contribution in [3.05, 3.63) is 29.8 Å². The van der Waals surface area contributed by atoms with Gasteiger partial charge in [-0.2, -0.15) is 0 Å². The van der Waals surface area contributed by atoms with Crippen LogP contribution >= 0.6 is 0 Å². The predicted octanol–water partition coefficient (Wildman–Crippen LogP) is 2.60. The lowest BCUT2D eigenvalue weighted by molar-refractivity contribution is 0.178. The smallest absolute Gasteiger partial charge is 0.414 e. The van der Waals surface area contributed by atoms with E-state index < -0.39 is 0 Å². The van der Waals surface area contributed by atoms with E-state index in [1.54, 1.807) is 4.90 Å². The van der Waals surface area contributed by atoms with Gasteiger partial charge in [-0.15, -0.1) is 0 Å². The van der Waals surface area contributed by atoms with Gasteiger partial charge in [0.2, 0.25) is 0 Å². The summed E-state index contributed by atoms with van der Waals surface area (Å²) in [6.45, 7) is 0.754. The van der Waals surface area contributed by atoms with Crippen LogP contribution in [0.15, 0.2) is 24.3 Å². The van der Waals surface area contributed by atoms with Gasteiger partial charge in [-0.05, 0) is 30.9 Å². The van der Waals surface area contributed by atoms with Gasteiger partial charge in [-0.25, -0.2) is 4.79 Å². The highest BCUT2D eigenvalue weighted by Gasteiger charge is 2.20. The lowest BCUT2D eigenvalue weighted by Crippen LogP contribution is -2.31. The number of benzene rings is 1. The zero-order valence-electron chi connectivity index (χ0n) is 8.90. The number of aryl methyl sites for hydroxylation is 1. The molecule has 0 bridgehead atoms. The van der Waals surface area contributed by atoms with Gasteiger partial charge in [-0.3, -0.25) is 4.90 Å². The van der Waals surface area contributed by atoms with Crippen molar-refractivity contribution in [1.29, 1.82) is 0 Å². The Morgan fingerprint density at radius 1 is 1.33 bits per heavy atom. The van der Waals surface area contributed by atoms with Crippen molar-refractivity contribution in [2.24, 2.45) is 0 Å². The third-order valence-electron chi connectivity index (χ3n) is 2.76. The van der Waals surface area contributed by atoms with Gasteiger partial charge < -0.3 is 4.74 Å². The molecule has 0 spiro atoms. The van der Waals surface area contributed by atoms with Crippen molar-refractivity contribution in [3.8, 4) is 0 Å². The van der Waals surface area contributed by atoms with E-state index in [0.29, 0.717) is 0 Å². The molecule has 3 nitrogen and oxygen atoms in total. The van der Waals surface area contributed by atoms with Crippen molar-refractivity contribution >= 4 is 11.8 Å². The predicted molar refractivity (Wildman–Crippen MR) is 59.1 cm³/mol. The van der Waals surface area contributed by atoms with Crippen LogP contribution < -0.4 is 4.90 Å². The summed E-state index contributed by atoms with van der Waals surface area (Å²) in [5.74, 6) is 0. The number of hydrogen-bond donors (Lipinski definition) is 0. The van der Waals surface area contributed by atoms with Gasteiger partial charge in [-0.1, -0.05) is 18.2 Å². The van der Waals surface area contributed by atoms with Crippen LogP contribution in [-0.4, -0.2) is 19.7 Å². The number of ether oxygens (including phenoxy) is 1. The fraction of sp³-hybridized carbons (Fsp3) is 0.417. The van der Waals surface area contributed by atoms with Gasteiger partial charge in [0.15, 0.2) is 0 Å². The molecule has 0 saturated carbocycles. The standard InChI is InChI=1S/C12H15NO2/c1-15-12(14)13-9-5-4-7-10-6-2-3-8-11(10)13/h2-3,6,8H,4-5,7,9H2,1H3. The molecule has 0 N–H and O–H groups in total. The maximum Gasteiger partial charge on any atom is 0.414 e. The van der Waals surface area contributed by atoms with E-state index in [-0.39, 0.29) is 6.09 Å². The molecular weight excluding hydrogens is 190 g/mol. The highest BCUT2D eigenvalue weighted by Crippen LogP contribution is 2.26. The number of fused-ring (bicyclic) bond motifs is 1. The van der Waals surface area contributed by atoms with Crippen LogP contribution in [0.3, 0.4) is 0 Å². The molecule has 1 heterocycles. The summed E-state index contributed by atoms with van der Waals surface area (Å²) in [6, 6.07) is 8.04. The molecule has 0 aliphatic carbocycles. The first-order valence-electron chi connectivity index (χ1n) is 5.26. The molecule has 1 aliphatic rings. The first kappa shape index (κ1) is 10.0. The molecule has 15 heavy (non-hydrogen) atoms. The number of para-hydroxylation sites is 1. The number of hydrogen-bond acceptors (Lipinski definition) is 2. The Bertz CT molecular complexity index is 362. The van der Waals surface area contributed by atoms with Crippen LogP contribution in [-0.2, 0) is 11.2 Å². The summed E-state index contributed by atoms with van der Waals surface area (Å²) >= 11 is 0. The Morgan fingerprint density at radius 2 is 2.13 bits per heavy atom. The molecule has 1 aromatic carbocycles. The summed E-state index contributed by atoms with van der Waals surface area (Å²) in [7, 11) is 1.43. The maximum absolute atomic E-state index is 11.6. The first-order valence-corrected chi connectivity index (χ1v) is 5.26. The number of carbonyl (C=O) groups excluding carboxylic acids is 1. The molecule has 3 heteroatoms. The highest BCUT2D eigenvalue weighted by molar-refractivity contribution is 5.88. The molecular formula is C12H15NO2. The maximum atomic E-state index is 11.6. The molecule has 1 amide bonds. The van der Waals surface area contributed by atoms with Crippen molar-refractivity contribution in [3.63, 3.8) is 0 Å². The Hall–Kier alpha value is -1.51. The van der Waals surface area contributed by atoms with Gasteiger partial charge >= 0.3 is 6.09 Å². The molecule has 0 aromatic heterocycles. The monoisotopic (exact) mass is 205 g/mol. The molecule has 0 saturated heterocycles. The lowest BCUT2D eigenvalue weighted by Gasteiger charge is -2.20. The average molecular weight is 205 g/mol. The van der Waals surface area contributed by atoms with Gasteiger partial charge in [0.25, 0.3) is 0 Å². The molecule has 80 valence electrons. The SMILES string of the molecule is COC(=O)N1CCCCc2ccccc21. The van der Waals surface area contributed by atoms with E-state index in [4.69, 9.17) is 4.74 Å². The van der Waals surface area contributed by atoms with E-state index >= 15 is 0 Å². The Morgan fingerprint density at radius 3 is 2.93 bits per heavy atom. The second-order valence-electron chi connectivity index (χ2n) is 3.71. The van der Waals surface area contributed by atoms with Crippen LogP contribution in [0.1, 0.15) is 18.4 Å². The summed E-state index contributed by atoms with van der Waals surface area (Å²) in [5, 5.41) is 0. The minimum Gasteiger partial charge on any atom is -0.452 e. The summed E-state index contributed by atoms with van der Waals surface area (Å²) < 4.78 is 4.79. The summed E-state index contributed by atoms with van der Waals surface area (Å²) in [4.78, 5) is 13.3. The van der Waals surface area contributed by atoms with E-state index in [2.05, 4.69) is 6.07 Å². The molecule has 1 aromatic rings. The van der Waals surface area contributed by atoms with Crippen molar-refractivity contribution in [1.82, 2.24) is 0 Å². The van der Waals surface area contributed by atoms with Crippen LogP contribution in [0.25, 0.3) is 0 Å². The highest BCUT2D eigenvalue weighted by atomic mass is 16.5. The molecule has 0 radical (unpaired) electrons. The van der Waals surface area contributed by atoms with E-state index in [9.17, 15) is 4.79 Å². The number of anilines is 1. The van der Waals surface area contributed by atoms with Crippen LogP contribution in [0.2, 0.25) is 0 Å². The fourth-order valence-electron chi connectivity index (χ4n) is 1.99. The minimum atomic E-state index is -0.260. The van der Waals surface area contributed by atoms with Crippen LogP contribution in [0.5, 0.6) is 0 Å². The molecule has 1 aliphatic heterocycles. The number of carbonyl (C=O) groups is 1. The number of amides is 1. The zero-order chi connectivity index (χ0) is 10.7. The average Bonchev–Trinajstić information content (AvgIpc) is 2.50. The quantitative estimate of drug-likeness (QED) is 0.651. The second-order valence-corrected chi connectivity index (χ2v) is 3.71. The van der Waals surface area contributed by atoms with Crippen molar-refractivity contribution in [2.45, 2.75) is 19.3 Å². The largest absolute Gasteiger partial charge is 0.452 e. The van der Waals surface area contributed by atoms with E-state index in [1.165, 1.54) is 12.7 Å². The number of methoxy groups -OCH3 is 1. The Kier molecular flexibility index (Phi) is 2.90. The van der Waals surface area contributed by atoms with E-state index in [0.717, 1.165) is 31.5 Å². The fourth-order valence-corrected chi connectivity index (χ4v) is 1.99. The Labute approximate surface area is 89.7 Å². The number of nitrogens with zero attached hydrogens (tertiary/aromatic N) is 1. The Balaban J connectivity index is 2.37. The van der Waals surface area contributed by atoms with Crippen LogP contribution in [0.4, 0.5) is 10.5 Å². The van der Waals surface area contributed by atoms with Gasteiger partial charge in [0, 0.05) is 6.54 Å². The topological polar surface area (TPSA) is 29.5 Å². The third kappa shape index (κ3) is 1.96. The third-order valence-corrected chi connectivity index (χ3v) is 2.76.